The van der Waals surface area contributed by atoms with Gasteiger partial charge in [-0.3, -0.25) is 0 Å². The molecular formula is C12H15FO3. The summed E-state index contributed by atoms with van der Waals surface area (Å²) < 4.78 is 23.0. The minimum atomic E-state index is -2.09. The molecule has 0 saturated heterocycles. The molecule has 16 heavy (non-hydrogen) atoms. The van der Waals surface area contributed by atoms with Crippen molar-refractivity contribution in [2.75, 3.05) is 13.7 Å². The van der Waals surface area contributed by atoms with Gasteiger partial charge in [0.2, 0.25) is 5.67 Å². The second-order valence-electron chi connectivity index (χ2n) is 3.67. The molecule has 0 saturated carbocycles. The molecule has 1 aromatic rings. The Morgan fingerprint density at radius 3 is 2.56 bits per heavy atom. The first-order valence-corrected chi connectivity index (χ1v) is 4.95. The van der Waals surface area contributed by atoms with Gasteiger partial charge in [-0.25, -0.2) is 9.18 Å². The summed E-state index contributed by atoms with van der Waals surface area (Å²) in [6, 6.07) is 9.36. The van der Waals surface area contributed by atoms with Crippen LogP contribution < -0.4 is 0 Å². The highest BCUT2D eigenvalue weighted by molar-refractivity contribution is 5.78. The third-order valence-electron chi connectivity index (χ3n) is 2.10. The van der Waals surface area contributed by atoms with Crippen molar-refractivity contribution in [2.45, 2.75) is 19.2 Å². The van der Waals surface area contributed by atoms with E-state index in [0.717, 1.165) is 19.6 Å². The number of esters is 1. The zero-order valence-corrected chi connectivity index (χ0v) is 9.40. The number of alkyl halides is 1. The minimum absolute atomic E-state index is 0.275. The van der Waals surface area contributed by atoms with Crippen LogP contribution in [0, 0.1) is 0 Å². The van der Waals surface area contributed by atoms with Crippen LogP contribution in [0.3, 0.4) is 0 Å². The summed E-state index contributed by atoms with van der Waals surface area (Å²) in [7, 11) is 1.15. The van der Waals surface area contributed by atoms with E-state index in [0.29, 0.717) is 0 Å². The first-order valence-electron chi connectivity index (χ1n) is 4.95. The second kappa shape index (κ2) is 5.61. The molecule has 3 nitrogen and oxygen atoms in total. The van der Waals surface area contributed by atoms with E-state index in [4.69, 9.17) is 4.74 Å². The first-order chi connectivity index (χ1) is 7.56. The van der Waals surface area contributed by atoms with Crippen molar-refractivity contribution in [3.05, 3.63) is 35.9 Å². The summed E-state index contributed by atoms with van der Waals surface area (Å²) >= 11 is 0. The van der Waals surface area contributed by atoms with Gasteiger partial charge in [0, 0.05) is 0 Å². The molecule has 0 aliphatic rings. The van der Waals surface area contributed by atoms with Gasteiger partial charge in [-0.15, -0.1) is 0 Å². The molecule has 1 rings (SSSR count). The van der Waals surface area contributed by atoms with E-state index >= 15 is 0 Å². The number of rotatable bonds is 5. The highest BCUT2D eigenvalue weighted by Gasteiger charge is 2.34. The molecule has 0 fully saturated rings. The normalized spacial score (nSPS) is 14.2. The third kappa shape index (κ3) is 3.62. The standard InChI is InChI=1S/C12H15FO3/c1-12(13,11(14)15-2)9-16-8-10-6-4-3-5-7-10/h3-7H,8-9H2,1-2H3. The van der Waals surface area contributed by atoms with Crippen LogP contribution in [0.15, 0.2) is 30.3 Å². The van der Waals surface area contributed by atoms with Crippen molar-refractivity contribution in [3.8, 4) is 0 Å². The Bertz CT molecular complexity index is 335. The van der Waals surface area contributed by atoms with Gasteiger partial charge in [-0.2, -0.15) is 0 Å². The number of methoxy groups -OCH3 is 1. The molecule has 0 N–H and O–H groups in total. The lowest BCUT2D eigenvalue weighted by Gasteiger charge is -2.17. The molecule has 0 radical (unpaired) electrons. The van der Waals surface area contributed by atoms with Gasteiger partial charge >= 0.3 is 5.97 Å². The molecule has 1 atom stereocenters. The van der Waals surface area contributed by atoms with E-state index in [2.05, 4.69) is 4.74 Å². The van der Waals surface area contributed by atoms with E-state index in [1.165, 1.54) is 0 Å². The van der Waals surface area contributed by atoms with Gasteiger partial charge in [0.05, 0.1) is 20.3 Å². The molecule has 0 aromatic heterocycles. The average Bonchev–Trinajstić information content (AvgIpc) is 2.29. The fourth-order valence-electron chi connectivity index (χ4n) is 1.21. The Morgan fingerprint density at radius 1 is 1.38 bits per heavy atom. The molecule has 0 heterocycles. The van der Waals surface area contributed by atoms with Crippen molar-refractivity contribution in [3.63, 3.8) is 0 Å². The number of hydrogen-bond donors (Lipinski definition) is 0. The van der Waals surface area contributed by atoms with Crippen LogP contribution >= 0.6 is 0 Å². The Labute approximate surface area is 94.2 Å². The van der Waals surface area contributed by atoms with Crippen molar-refractivity contribution in [1.82, 2.24) is 0 Å². The summed E-state index contributed by atoms with van der Waals surface area (Å²) in [5.41, 5.74) is -1.16. The predicted octanol–water partition coefficient (Wildman–Crippen LogP) is 2.10. The topological polar surface area (TPSA) is 35.5 Å². The highest BCUT2D eigenvalue weighted by Crippen LogP contribution is 2.13. The summed E-state index contributed by atoms with van der Waals surface area (Å²) in [6.45, 7) is 1.11. The predicted molar refractivity (Wildman–Crippen MR) is 57.6 cm³/mol. The molecule has 4 heteroatoms. The SMILES string of the molecule is COC(=O)C(C)(F)COCc1ccccc1. The molecule has 0 bridgehead atoms. The molecule has 0 spiro atoms. The lowest BCUT2D eigenvalue weighted by atomic mass is 10.1. The highest BCUT2D eigenvalue weighted by atomic mass is 19.1. The molecule has 88 valence electrons. The molecule has 0 amide bonds. The Balaban J connectivity index is 2.38. The molecular weight excluding hydrogens is 211 g/mol. The molecule has 1 aromatic carbocycles. The van der Waals surface area contributed by atoms with Crippen molar-refractivity contribution in [2.24, 2.45) is 0 Å². The van der Waals surface area contributed by atoms with Crippen LogP contribution in [0.5, 0.6) is 0 Å². The van der Waals surface area contributed by atoms with Gasteiger partial charge in [0.15, 0.2) is 0 Å². The number of ether oxygens (including phenoxy) is 2. The maximum absolute atomic E-state index is 13.6. The van der Waals surface area contributed by atoms with Gasteiger partial charge in [-0.1, -0.05) is 30.3 Å². The summed E-state index contributed by atoms with van der Waals surface area (Å²) in [4.78, 5) is 11.0. The largest absolute Gasteiger partial charge is 0.467 e. The van der Waals surface area contributed by atoms with E-state index in [-0.39, 0.29) is 13.2 Å². The summed E-state index contributed by atoms with van der Waals surface area (Å²) in [5.74, 6) is -0.916. The number of benzene rings is 1. The Morgan fingerprint density at radius 2 is 2.00 bits per heavy atom. The maximum Gasteiger partial charge on any atom is 0.345 e. The van der Waals surface area contributed by atoms with Crippen LogP contribution in [-0.4, -0.2) is 25.4 Å². The van der Waals surface area contributed by atoms with Crippen molar-refractivity contribution < 1.29 is 18.7 Å². The number of halogens is 1. The smallest absolute Gasteiger partial charge is 0.345 e. The fourth-order valence-corrected chi connectivity index (χ4v) is 1.21. The molecule has 1 unspecified atom stereocenters. The van der Waals surface area contributed by atoms with Gasteiger partial charge in [0.25, 0.3) is 0 Å². The van der Waals surface area contributed by atoms with Crippen LogP contribution in [0.25, 0.3) is 0 Å². The summed E-state index contributed by atoms with van der Waals surface area (Å²) in [5, 5.41) is 0. The fraction of sp³-hybridized carbons (Fsp3) is 0.417. The van der Waals surface area contributed by atoms with Crippen LogP contribution in [0.4, 0.5) is 4.39 Å². The molecule has 0 aliphatic carbocycles. The first kappa shape index (κ1) is 12.6. The van der Waals surface area contributed by atoms with Gasteiger partial charge in [0.1, 0.15) is 0 Å². The number of carbonyl (C=O) groups is 1. The minimum Gasteiger partial charge on any atom is -0.467 e. The Kier molecular flexibility index (Phi) is 4.43. The quantitative estimate of drug-likeness (QED) is 0.721. The lowest BCUT2D eigenvalue weighted by molar-refractivity contribution is -0.158. The van der Waals surface area contributed by atoms with E-state index in [9.17, 15) is 9.18 Å². The zero-order valence-electron chi connectivity index (χ0n) is 9.40. The monoisotopic (exact) mass is 226 g/mol. The second-order valence-corrected chi connectivity index (χ2v) is 3.67. The van der Waals surface area contributed by atoms with Crippen molar-refractivity contribution >= 4 is 5.97 Å². The third-order valence-corrected chi connectivity index (χ3v) is 2.10. The number of hydrogen-bond acceptors (Lipinski definition) is 3. The van der Waals surface area contributed by atoms with Crippen molar-refractivity contribution in [1.29, 1.82) is 0 Å². The van der Waals surface area contributed by atoms with Crippen LogP contribution in [0.2, 0.25) is 0 Å². The van der Waals surface area contributed by atoms with E-state index in [1.807, 2.05) is 30.3 Å². The number of carbonyl (C=O) groups excluding carboxylic acids is 1. The summed E-state index contributed by atoms with van der Waals surface area (Å²) in [6.07, 6.45) is 0. The van der Waals surface area contributed by atoms with Crippen LogP contribution in [0.1, 0.15) is 12.5 Å². The lowest BCUT2D eigenvalue weighted by Crippen LogP contribution is -2.36. The van der Waals surface area contributed by atoms with E-state index < -0.39 is 11.6 Å². The zero-order chi connectivity index (χ0) is 12.0. The van der Waals surface area contributed by atoms with Gasteiger partial charge < -0.3 is 9.47 Å². The van der Waals surface area contributed by atoms with Gasteiger partial charge in [-0.05, 0) is 12.5 Å². The molecule has 0 aliphatic heterocycles. The van der Waals surface area contributed by atoms with Crippen LogP contribution in [-0.2, 0) is 20.9 Å². The Hall–Kier alpha value is -1.42. The maximum atomic E-state index is 13.6. The van der Waals surface area contributed by atoms with E-state index in [1.54, 1.807) is 0 Å². The average molecular weight is 226 g/mol.